The van der Waals surface area contributed by atoms with Gasteiger partial charge in [0.2, 0.25) is 5.91 Å². The Kier molecular flexibility index (Phi) is 7.48. The standard InChI is InChI=1S/C22H14F6N2O4S/c23-17-9-10-18(24)21(25)16(17)11-20(31)30-29-12-13-3-1-2-4-19(13)34-35(32,33)15-7-5-14(6-8-15)22(26,27)28/h1-10,12H,11H2,(H,30,31). The van der Waals surface area contributed by atoms with Crippen LogP contribution in [0.1, 0.15) is 16.7 Å². The van der Waals surface area contributed by atoms with E-state index in [-0.39, 0.29) is 11.3 Å². The van der Waals surface area contributed by atoms with E-state index in [9.17, 15) is 39.6 Å². The molecule has 13 heteroatoms. The van der Waals surface area contributed by atoms with Gasteiger partial charge in [0.05, 0.1) is 18.2 Å². The monoisotopic (exact) mass is 516 g/mol. The molecule has 0 aliphatic rings. The van der Waals surface area contributed by atoms with Crippen LogP contribution in [0, 0.1) is 17.5 Å². The fourth-order valence-corrected chi connectivity index (χ4v) is 3.70. The van der Waals surface area contributed by atoms with E-state index in [1.807, 2.05) is 5.43 Å². The number of hydrogen-bond donors (Lipinski definition) is 1. The van der Waals surface area contributed by atoms with E-state index in [1.54, 1.807) is 0 Å². The predicted octanol–water partition coefficient (Wildman–Crippen LogP) is 4.58. The molecular weight excluding hydrogens is 502 g/mol. The smallest absolute Gasteiger partial charge is 0.378 e. The van der Waals surface area contributed by atoms with Crippen molar-refractivity contribution in [2.75, 3.05) is 0 Å². The van der Waals surface area contributed by atoms with Crippen LogP contribution < -0.4 is 9.61 Å². The van der Waals surface area contributed by atoms with E-state index >= 15 is 0 Å². The highest BCUT2D eigenvalue weighted by Gasteiger charge is 2.31. The van der Waals surface area contributed by atoms with E-state index in [2.05, 4.69) is 5.10 Å². The average molecular weight is 516 g/mol. The minimum absolute atomic E-state index is 0.0337. The number of amides is 1. The van der Waals surface area contributed by atoms with Crippen molar-refractivity contribution >= 4 is 22.2 Å². The van der Waals surface area contributed by atoms with Crippen LogP contribution in [0.25, 0.3) is 0 Å². The Bertz CT molecular complexity index is 1370. The predicted molar refractivity (Wildman–Crippen MR) is 111 cm³/mol. The molecule has 0 aromatic heterocycles. The van der Waals surface area contributed by atoms with Crippen molar-refractivity contribution in [3.05, 3.63) is 94.8 Å². The van der Waals surface area contributed by atoms with Crippen LogP contribution in [0.5, 0.6) is 5.75 Å². The SMILES string of the molecule is O=C(Cc1c(F)ccc(F)c1F)NN=Cc1ccccc1OS(=O)(=O)c1ccc(C(F)(F)F)cc1. The maximum Gasteiger partial charge on any atom is 0.416 e. The minimum Gasteiger partial charge on any atom is -0.378 e. The number of carbonyl (C=O) groups is 1. The number of hydrazone groups is 1. The number of halogens is 6. The third-order valence-corrected chi connectivity index (χ3v) is 5.71. The minimum atomic E-state index is -4.65. The van der Waals surface area contributed by atoms with Gasteiger partial charge in [0.1, 0.15) is 10.7 Å². The van der Waals surface area contributed by atoms with E-state index < -0.39 is 62.1 Å². The van der Waals surface area contributed by atoms with Crippen LogP contribution in [-0.4, -0.2) is 20.5 Å². The van der Waals surface area contributed by atoms with Crippen LogP contribution in [0.15, 0.2) is 70.7 Å². The molecule has 0 heterocycles. The van der Waals surface area contributed by atoms with Gasteiger partial charge in [0.25, 0.3) is 0 Å². The summed E-state index contributed by atoms with van der Waals surface area (Å²) >= 11 is 0. The van der Waals surface area contributed by atoms with Crippen molar-refractivity contribution in [1.29, 1.82) is 0 Å². The molecular formula is C22H14F6N2O4S. The number of hydrogen-bond acceptors (Lipinski definition) is 5. The summed E-state index contributed by atoms with van der Waals surface area (Å²) in [6.45, 7) is 0. The molecule has 3 aromatic carbocycles. The highest BCUT2D eigenvalue weighted by Crippen LogP contribution is 2.30. The number of para-hydroxylation sites is 1. The first kappa shape index (κ1) is 25.7. The molecule has 0 bridgehead atoms. The Morgan fingerprint density at radius 2 is 1.57 bits per heavy atom. The van der Waals surface area contributed by atoms with Crippen molar-refractivity contribution in [2.24, 2.45) is 5.10 Å². The second kappa shape index (κ2) is 10.2. The first-order valence-electron chi connectivity index (χ1n) is 9.53. The number of benzene rings is 3. The second-order valence-electron chi connectivity index (χ2n) is 6.89. The molecule has 3 aromatic rings. The average Bonchev–Trinajstić information content (AvgIpc) is 2.80. The van der Waals surface area contributed by atoms with Crippen LogP contribution in [0.4, 0.5) is 26.3 Å². The summed E-state index contributed by atoms with van der Waals surface area (Å²) < 4.78 is 109. The number of alkyl halides is 3. The third-order valence-electron chi connectivity index (χ3n) is 4.46. The van der Waals surface area contributed by atoms with Gasteiger partial charge in [-0.15, -0.1) is 0 Å². The molecule has 3 rings (SSSR count). The van der Waals surface area contributed by atoms with Crippen LogP contribution >= 0.6 is 0 Å². The number of carbonyl (C=O) groups excluding carboxylic acids is 1. The maximum absolute atomic E-state index is 13.7. The quantitative estimate of drug-likeness (QED) is 0.164. The molecule has 0 radical (unpaired) electrons. The maximum atomic E-state index is 13.7. The lowest BCUT2D eigenvalue weighted by Crippen LogP contribution is -2.21. The zero-order chi connectivity index (χ0) is 25.8. The van der Waals surface area contributed by atoms with E-state index in [0.717, 1.165) is 18.3 Å². The van der Waals surface area contributed by atoms with Crippen molar-refractivity contribution in [1.82, 2.24) is 5.43 Å². The van der Waals surface area contributed by atoms with Gasteiger partial charge >= 0.3 is 16.3 Å². The summed E-state index contributed by atoms with van der Waals surface area (Å²) in [7, 11) is -4.53. The first-order valence-corrected chi connectivity index (χ1v) is 10.9. The first-order chi connectivity index (χ1) is 16.4. The Balaban J connectivity index is 1.72. The number of rotatable bonds is 7. The summed E-state index contributed by atoms with van der Waals surface area (Å²) in [5, 5.41) is 3.56. The highest BCUT2D eigenvalue weighted by atomic mass is 32.2. The largest absolute Gasteiger partial charge is 0.416 e. The zero-order valence-corrected chi connectivity index (χ0v) is 18.1. The summed E-state index contributed by atoms with van der Waals surface area (Å²) in [6, 6.07) is 9.32. The summed E-state index contributed by atoms with van der Waals surface area (Å²) in [4.78, 5) is 11.4. The fraction of sp³-hybridized carbons (Fsp3) is 0.0909. The second-order valence-corrected chi connectivity index (χ2v) is 8.44. The molecule has 0 aliphatic heterocycles. The van der Waals surface area contributed by atoms with Gasteiger partial charge in [-0.25, -0.2) is 18.6 Å². The molecule has 0 spiro atoms. The Hall–Kier alpha value is -3.87. The molecule has 6 nitrogen and oxygen atoms in total. The van der Waals surface area contributed by atoms with Crippen molar-refractivity contribution in [3.8, 4) is 5.75 Å². The molecule has 0 saturated carbocycles. The molecule has 184 valence electrons. The normalized spacial score (nSPS) is 12.1. The van der Waals surface area contributed by atoms with Gasteiger partial charge < -0.3 is 4.18 Å². The number of nitrogens with one attached hydrogen (secondary N) is 1. The molecule has 1 N–H and O–H groups in total. The topological polar surface area (TPSA) is 84.8 Å². The lowest BCUT2D eigenvalue weighted by Gasteiger charge is -2.11. The lowest BCUT2D eigenvalue weighted by molar-refractivity contribution is -0.137. The van der Waals surface area contributed by atoms with Gasteiger partial charge in [-0.1, -0.05) is 12.1 Å². The highest BCUT2D eigenvalue weighted by molar-refractivity contribution is 7.87. The van der Waals surface area contributed by atoms with Crippen LogP contribution in [0.3, 0.4) is 0 Å². The van der Waals surface area contributed by atoms with Crippen LogP contribution in [0.2, 0.25) is 0 Å². The summed E-state index contributed by atoms with van der Waals surface area (Å²) in [6.07, 6.45) is -4.55. The molecule has 0 fully saturated rings. The van der Waals surface area contributed by atoms with E-state index in [1.165, 1.54) is 24.3 Å². The fourth-order valence-electron chi connectivity index (χ4n) is 2.74. The zero-order valence-electron chi connectivity index (χ0n) is 17.3. The number of nitrogens with zero attached hydrogens (tertiary/aromatic N) is 1. The van der Waals surface area contributed by atoms with Gasteiger partial charge in [-0.05, 0) is 48.5 Å². The summed E-state index contributed by atoms with van der Waals surface area (Å²) in [5.74, 6) is -5.25. The van der Waals surface area contributed by atoms with Crippen molar-refractivity contribution < 1.29 is 43.7 Å². The Labute approximate surface area is 195 Å². The molecule has 0 saturated heterocycles. The Morgan fingerprint density at radius 1 is 0.943 bits per heavy atom. The molecule has 0 aliphatic carbocycles. The van der Waals surface area contributed by atoms with Gasteiger partial charge in [0, 0.05) is 11.1 Å². The van der Waals surface area contributed by atoms with Crippen molar-refractivity contribution in [2.45, 2.75) is 17.5 Å². The van der Waals surface area contributed by atoms with Gasteiger partial charge in [-0.3, -0.25) is 4.79 Å². The van der Waals surface area contributed by atoms with Gasteiger partial charge in [0.15, 0.2) is 17.4 Å². The van der Waals surface area contributed by atoms with Crippen LogP contribution in [-0.2, 0) is 27.5 Å². The van der Waals surface area contributed by atoms with Crippen molar-refractivity contribution in [3.63, 3.8) is 0 Å². The molecule has 0 unspecified atom stereocenters. The molecule has 0 atom stereocenters. The molecule has 35 heavy (non-hydrogen) atoms. The van der Waals surface area contributed by atoms with Gasteiger partial charge in [-0.2, -0.15) is 26.7 Å². The Morgan fingerprint density at radius 3 is 2.23 bits per heavy atom. The molecule has 1 amide bonds. The van der Waals surface area contributed by atoms with E-state index in [0.29, 0.717) is 24.3 Å². The lowest BCUT2D eigenvalue weighted by atomic mass is 10.1. The summed E-state index contributed by atoms with van der Waals surface area (Å²) in [5.41, 5.74) is 0.147. The third kappa shape index (κ3) is 6.38. The van der Waals surface area contributed by atoms with E-state index in [4.69, 9.17) is 4.18 Å².